The Morgan fingerprint density at radius 3 is 3.00 bits per heavy atom. The van der Waals surface area contributed by atoms with Crippen LogP contribution in [0.2, 0.25) is 0 Å². The Morgan fingerprint density at radius 1 is 1.53 bits per heavy atom. The summed E-state index contributed by atoms with van der Waals surface area (Å²) in [5.74, 6) is 0.473. The predicted octanol–water partition coefficient (Wildman–Crippen LogP) is 2.51. The first kappa shape index (κ1) is 14.0. The summed E-state index contributed by atoms with van der Waals surface area (Å²) in [5.41, 5.74) is 1.29. The van der Waals surface area contributed by atoms with E-state index in [2.05, 4.69) is 4.98 Å². The largest absolute Gasteiger partial charge is 0.481 e. The zero-order valence-electron chi connectivity index (χ0n) is 11.3. The molecule has 104 valence electrons. The zero-order chi connectivity index (χ0) is 13.7. The van der Waals surface area contributed by atoms with E-state index >= 15 is 0 Å². The van der Waals surface area contributed by atoms with Crippen LogP contribution in [-0.2, 0) is 9.47 Å². The molecule has 1 aliphatic heterocycles. The molecule has 0 amide bonds. The van der Waals surface area contributed by atoms with E-state index in [1.165, 1.54) is 6.20 Å². The van der Waals surface area contributed by atoms with E-state index in [9.17, 15) is 4.79 Å². The summed E-state index contributed by atoms with van der Waals surface area (Å²) in [4.78, 5) is 15.1. The van der Waals surface area contributed by atoms with Crippen molar-refractivity contribution < 1.29 is 19.0 Å². The van der Waals surface area contributed by atoms with Crippen LogP contribution in [-0.4, -0.2) is 31.3 Å². The van der Waals surface area contributed by atoms with Gasteiger partial charge in [-0.25, -0.2) is 4.98 Å². The number of carbonyl (C=O) groups is 1. The van der Waals surface area contributed by atoms with Crippen LogP contribution in [0, 0.1) is 0 Å². The lowest BCUT2D eigenvalue weighted by molar-refractivity contribution is -0.186. The van der Waals surface area contributed by atoms with Gasteiger partial charge in [0.25, 0.3) is 0 Å². The first-order valence-corrected chi connectivity index (χ1v) is 6.50. The number of methoxy groups -OCH3 is 1. The van der Waals surface area contributed by atoms with E-state index in [0.717, 1.165) is 37.7 Å². The van der Waals surface area contributed by atoms with Crippen LogP contribution < -0.4 is 4.74 Å². The molecule has 2 unspecified atom stereocenters. The summed E-state index contributed by atoms with van der Waals surface area (Å²) in [7, 11) is 1.54. The molecule has 0 N–H and O–H groups in total. The van der Waals surface area contributed by atoms with E-state index in [4.69, 9.17) is 14.2 Å². The number of carbonyl (C=O) groups excluding carboxylic acids is 1. The van der Waals surface area contributed by atoms with Gasteiger partial charge in [0.05, 0.1) is 13.2 Å². The highest BCUT2D eigenvalue weighted by Crippen LogP contribution is 2.27. The molecule has 2 heterocycles. The molecule has 2 atom stereocenters. The molecule has 5 heteroatoms. The van der Waals surface area contributed by atoms with Gasteiger partial charge in [0, 0.05) is 24.4 Å². The lowest BCUT2D eigenvalue weighted by Gasteiger charge is -2.26. The van der Waals surface area contributed by atoms with Gasteiger partial charge < -0.3 is 14.2 Å². The second kappa shape index (κ2) is 6.63. The Hall–Kier alpha value is -1.46. The van der Waals surface area contributed by atoms with Gasteiger partial charge in [-0.05, 0) is 31.7 Å². The van der Waals surface area contributed by atoms with Crippen LogP contribution in [0.1, 0.15) is 48.2 Å². The Balaban J connectivity index is 2.11. The molecule has 1 aromatic rings. The van der Waals surface area contributed by atoms with Crippen molar-refractivity contribution in [1.82, 2.24) is 4.98 Å². The summed E-state index contributed by atoms with van der Waals surface area (Å²) < 4.78 is 16.5. The maximum atomic E-state index is 11.1. The number of ether oxygens (including phenoxy) is 3. The molecule has 1 aromatic heterocycles. The van der Waals surface area contributed by atoms with Gasteiger partial charge in [0.2, 0.25) is 5.88 Å². The molecule has 1 fully saturated rings. The van der Waals surface area contributed by atoms with Crippen molar-refractivity contribution in [3.8, 4) is 5.88 Å². The number of rotatable bonds is 5. The van der Waals surface area contributed by atoms with Gasteiger partial charge in [-0.15, -0.1) is 0 Å². The average Bonchev–Trinajstić information content (AvgIpc) is 2.47. The molecule has 0 radical (unpaired) electrons. The molecule has 5 nitrogen and oxygen atoms in total. The molecular formula is C14H19NO4. The maximum absolute atomic E-state index is 11.1. The highest BCUT2D eigenvalue weighted by Gasteiger charge is 2.20. The Labute approximate surface area is 112 Å². The minimum Gasteiger partial charge on any atom is -0.481 e. The lowest BCUT2D eigenvalue weighted by atomic mass is 10.1. The van der Waals surface area contributed by atoms with Crippen molar-refractivity contribution in [3.05, 3.63) is 23.4 Å². The monoisotopic (exact) mass is 265 g/mol. The van der Waals surface area contributed by atoms with Crippen molar-refractivity contribution in [3.63, 3.8) is 0 Å². The fourth-order valence-electron chi connectivity index (χ4n) is 2.14. The van der Waals surface area contributed by atoms with Crippen LogP contribution in [0.5, 0.6) is 5.88 Å². The van der Waals surface area contributed by atoms with Gasteiger partial charge >= 0.3 is 0 Å². The van der Waals surface area contributed by atoms with Crippen molar-refractivity contribution in [2.45, 2.75) is 38.6 Å². The van der Waals surface area contributed by atoms with Crippen LogP contribution in [0.25, 0.3) is 0 Å². The molecule has 0 saturated carbocycles. The molecule has 0 aliphatic carbocycles. The molecule has 0 bridgehead atoms. The third kappa shape index (κ3) is 3.52. The van der Waals surface area contributed by atoms with Crippen molar-refractivity contribution in [2.75, 3.05) is 13.7 Å². The van der Waals surface area contributed by atoms with E-state index in [-0.39, 0.29) is 12.4 Å². The normalized spacial score (nSPS) is 20.8. The van der Waals surface area contributed by atoms with E-state index < -0.39 is 0 Å². The predicted molar refractivity (Wildman–Crippen MR) is 69.3 cm³/mol. The minimum absolute atomic E-state index is 0.192. The Kier molecular flexibility index (Phi) is 4.87. The number of aromatic nitrogens is 1. The van der Waals surface area contributed by atoms with Crippen LogP contribution in [0.15, 0.2) is 12.3 Å². The summed E-state index contributed by atoms with van der Waals surface area (Å²) >= 11 is 0. The van der Waals surface area contributed by atoms with Crippen LogP contribution in [0.4, 0.5) is 0 Å². The average molecular weight is 265 g/mol. The quantitative estimate of drug-likeness (QED) is 0.766. The molecular weight excluding hydrogens is 246 g/mol. The van der Waals surface area contributed by atoms with Crippen LogP contribution >= 0.6 is 0 Å². The summed E-state index contributed by atoms with van der Waals surface area (Å²) in [5, 5.41) is 0. The van der Waals surface area contributed by atoms with Crippen molar-refractivity contribution in [2.24, 2.45) is 0 Å². The lowest BCUT2D eigenvalue weighted by Crippen LogP contribution is -2.24. The molecule has 1 saturated heterocycles. The third-order valence-corrected chi connectivity index (χ3v) is 3.21. The fourth-order valence-corrected chi connectivity index (χ4v) is 2.14. The highest BCUT2D eigenvalue weighted by atomic mass is 16.7. The van der Waals surface area contributed by atoms with E-state index in [1.54, 1.807) is 13.2 Å². The maximum Gasteiger partial charge on any atom is 0.213 e. The molecule has 0 spiro atoms. The van der Waals surface area contributed by atoms with Crippen molar-refractivity contribution in [1.29, 1.82) is 0 Å². The standard InChI is InChI=1S/C14H19NO4/c1-10(19-14-5-3-4-6-18-14)12-7-13(17-2)15-8-11(12)9-16/h7-10,14H,3-6H2,1-2H3. The van der Waals surface area contributed by atoms with E-state index in [1.807, 2.05) is 6.92 Å². The zero-order valence-corrected chi connectivity index (χ0v) is 11.3. The Bertz CT molecular complexity index is 429. The topological polar surface area (TPSA) is 57.7 Å². The second-order valence-electron chi connectivity index (χ2n) is 4.55. The van der Waals surface area contributed by atoms with Crippen molar-refractivity contribution >= 4 is 6.29 Å². The third-order valence-electron chi connectivity index (χ3n) is 3.21. The SMILES string of the molecule is COc1cc(C(C)OC2CCCCO2)c(C=O)cn1. The molecule has 0 aromatic carbocycles. The van der Waals surface area contributed by atoms with E-state index in [0.29, 0.717) is 11.4 Å². The van der Waals surface area contributed by atoms with Gasteiger partial charge in [0.15, 0.2) is 12.6 Å². The fraction of sp³-hybridized carbons (Fsp3) is 0.571. The van der Waals surface area contributed by atoms with Gasteiger partial charge in [-0.3, -0.25) is 4.79 Å². The minimum atomic E-state index is -0.236. The van der Waals surface area contributed by atoms with Crippen LogP contribution in [0.3, 0.4) is 0 Å². The highest BCUT2D eigenvalue weighted by molar-refractivity contribution is 5.77. The second-order valence-corrected chi connectivity index (χ2v) is 4.55. The molecule has 1 aliphatic rings. The summed E-state index contributed by atoms with van der Waals surface area (Å²) in [6.07, 6.45) is 4.94. The number of pyridine rings is 1. The number of hydrogen-bond donors (Lipinski definition) is 0. The van der Waals surface area contributed by atoms with Gasteiger partial charge in [-0.2, -0.15) is 0 Å². The smallest absolute Gasteiger partial charge is 0.213 e. The Morgan fingerprint density at radius 2 is 2.37 bits per heavy atom. The van der Waals surface area contributed by atoms with Gasteiger partial charge in [0.1, 0.15) is 0 Å². The number of nitrogens with zero attached hydrogens (tertiary/aromatic N) is 1. The number of aldehydes is 1. The summed E-state index contributed by atoms with van der Waals surface area (Å²) in [6.45, 7) is 2.64. The number of hydrogen-bond acceptors (Lipinski definition) is 5. The first-order chi connectivity index (χ1) is 9.24. The van der Waals surface area contributed by atoms with Gasteiger partial charge in [-0.1, -0.05) is 0 Å². The molecule has 19 heavy (non-hydrogen) atoms. The molecule has 2 rings (SSSR count). The first-order valence-electron chi connectivity index (χ1n) is 6.50. The summed E-state index contributed by atoms with van der Waals surface area (Å²) in [6, 6.07) is 1.73.